The fraction of sp³-hybridized carbons (Fsp3) is 0.0526. The third kappa shape index (κ3) is 4.28. The number of amides is 1. The molecule has 0 heterocycles. The Bertz CT molecular complexity index is 1060. The first-order valence-electron chi connectivity index (χ1n) is 7.73. The molecule has 4 nitrogen and oxygen atoms in total. The highest BCUT2D eigenvalue weighted by Gasteiger charge is 2.19. The van der Waals surface area contributed by atoms with Crippen molar-refractivity contribution in [3.05, 3.63) is 68.9 Å². The monoisotopic (exact) mass is 510 g/mol. The zero-order chi connectivity index (χ0) is 19.6. The highest BCUT2D eigenvalue weighted by Crippen LogP contribution is 2.36. The lowest BCUT2D eigenvalue weighted by molar-refractivity contribution is 0.0975. The van der Waals surface area contributed by atoms with Gasteiger partial charge in [0, 0.05) is 4.47 Å². The highest BCUT2D eigenvalue weighted by atomic mass is 79.9. The lowest BCUT2D eigenvalue weighted by Crippen LogP contribution is -2.34. The van der Waals surface area contributed by atoms with Crippen molar-refractivity contribution in [2.75, 3.05) is 12.4 Å². The topological polar surface area (TPSA) is 50.4 Å². The summed E-state index contributed by atoms with van der Waals surface area (Å²) >= 11 is 11.8. The SMILES string of the molecule is COc1c(C(=O)NC(=S)Nc2ccc(Br)cc2F)cc2ccccc2c1Br. The van der Waals surface area contributed by atoms with Crippen LogP contribution in [0.2, 0.25) is 0 Å². The van der Waals surface area contributed by atoms with Crippen molar-refractivity contribution in [2.45, 2.75) is 0 Å². The smallest absolute Gasteiger partial charge is 0.261 e. The van der Waals surface area contributed by atoms with E-state index in [-0.39, 0.29) is 10.8 Å². The molecule has 0 saturated carbocycles. The zero-order valence-corrected chi connectivity index (χ0v) is 18.0. The lowest BCUT2D eigenvalue weighted by atomic mass is 10.1. The number of ether oxygens (including phenoxy) is 1. The van der Waals surface area contributed by atoms with Crippen molar-refractivity contribution in [3.63, 3.8) is 0 Å². The molecule has 0 atom stereocenters. The molecule has 0 saturated heterocycles. The van der Waals surface area contributed by atoms with Crippen molar-refractivity contribution in [1.29, 1.82) is 0 Å². The Morgan fingerprint density at radius 2 is 1.89 bits per heavy atom. The van der Waals surface area contributed by atoms with Crippen LogP contribution in [0.3, 0.4) is 0 Å². The number of benzene rings is 3. The molecule has 2 N–H and O–H groups in total. The van der Waals surface area contributed by atoms with E-state index < -0.39 is 11.7 Å². The molecule has 27 heavy (non-hydrogen) atoms. The largest absolute Gasteiger partial charge is 0.495 e. The number of thiocarbonyl (C=S) groups is 1. The van der Waals surface area contributed by atoms with E-state index in [9.17, 15) is 9.18 Å². The van der Waals surface area contributed by atoms with E-state index in [1.54, 1.807) is 12.1 Å². The summed E-state index contributed by atoms with van der Waals surface area (Å²) in [6.07, 6.45) is 0. The molecule has 3 aromatic rings. The first-order chi connectivity index (χ1) is 12.9. The maximum atomic E-state index is 13.9. The van der Waals surface area contributed by atoms with E-state index in [2.05, 4.69) is 42.5 Å². The predicted molar refractivity (Wildman–Crippen MR) is 116 cm³/mol. The summed E-state index contributed by atoms with van der Waals surface area (Å²) in [5, 5.41) is 7.00. The van der Waals surface area contributed by atoms with E-state index in [1.165, 1.54) is 19.2 Å². The summed E-state index contributed by atoms with van der Waals surface area (Å²) in [6.45, 7) is 0. The molecular formula is C19H13Br2FN2O2S. The van der Waals surface area contributed by atoms with Gasteiger partial charge in [-0.1, -0.05) is 40.2 Å². The number of nitrogens with one attached hydrogen (secondary N) is 2. The first kappa shape index (κ1) is 19.7. The fourth-order valence-electron chi connectivity index (χ4n) is 2.57. The minimum Gasteiger partial charge on any atom is -0.495 e. The van der Waals surface area contributed by atoms with Gasteiger partial charge in [0.05, 0.1) is 22.8 Å². The van der Waals surface area contributed by atoms with Crippen molar-refractivity contribution < 1.29 is 13.9 Å². The number of hydrogen-bond donors (Lipinski definition) is 2. The van der Waals surface area contributed by atoms with E-state index in [4.69, 9.17) is 17.0 Å². The second-order valence-electron chi connectivity index (χ2n) is 5.52. The summed E-state index contributed by atoms with van der Waals surface area (Å²) in [5.41, 5.74) is 0.471. The molecule has 3 rings (SSSR count). The van der Waals surface area contributed by atoms with Gasteiger partial charge in [-0.2, -0.15) is 0 Å². The summed E-state index contributed by atoms with van der Waals surface area (Å²) in [5.74, 6) is -0.566. The summed E-state index contributed by atoms with van der Waals surface area (Å²) in [6, 6.07) is 13.8. The maximum Gasteiger partial charge on any atom is 0.261 e. The number of halogens is 3. The molecule has 0 fully saturated rings. The normalized spacial score (nSPS) is 10.5. The molecule has 0 aliphatic heterocycles. The number of rotatable bonds is 3. The fourth-order valence-corrected chi connectivity index (χ4v) is 3.84. The molecule has 138 valence electrons. The molecular weight excluding hydrogens is 499 g/mol. The van der Waals surface area contributed by atoms with Gasteiger partial charge in [-0.25, -0.2) is 4.39 Å². The average Bonchev–Trinajstić information content (AvgIpc) is 2.64. The Morgan fingerprint density at radius 3 is 2.59 bits per heavy atom. The van der Waals surface area contributed by atoms with Crippen LogP contribution in [0, 0.1) is 5.82 Å². The Morgan fingerprint density at radius 1 is 1.15 bits per heavy atom. The Balaban J connectivity index is 1.86. The van der Waals surface area contributed by atoms with Gasteiger partial charge in [0.25, 0.3) is 5.91 Å². The van der Waals surface area contributed by atoms with Gasteiger partial charge in [-0.15, -0.1) is 0 Å². The van der Waals surface area contributed by atoms with Crippen LogP contribution >= 0.6 is 44.1 Å². The van der Waals surface area contributed by atoms with Gasteiger partial charge >= 0.3 is 0 Å². The van der Waals surface area contributed by atoms with Crippen molar-refractivity contribution in [2.24, 2.45) is 0 Å². The lowest BCUT2D eigenvalue weighted by Gasteiger charge is -2.15. The van der Waals surface area contributed by atoms with Gasteiger partial charge in [0.15, 0.2) is 5.11 Å². The molecule has 0 aliphatic carbocycles. The summed E-state index contributed by atoms with van der Waals surface area (Å²) < 4.78 is 20.6. The molecule has 0 aromatic heterocycles. The van der Waals surface area contributed by atoms with E-state index in [1.807, 2.05) is 24.3 Å². The minimum absolute atomic E-state index is 0.0208. The van der Waals surface area contributed by atoms with Gasteiger partial charge in [0.2, 0.25) is 0 Å². The molecule has 0 unspecified atom stereocenters. The van der Waals surface area contributed by atoms with Crippen LogP contribution in [0.1, 0.15) is 10.4 Å². The predicted octanol–water partition coefficient (Wildman–Crippen LogP) is 5.64. The second kappa shape index (κ2) is 8.33. The van der Waals surface area contributed by atoms with E-state index >= 15 is 0 Å². The standard InChI is InChI=1S/C19H13Br2FN2O2S/c1-26-17-13(8-10-4-2-3-5-12(10)16(17)21)18(25)24-19(27)23-15-7-6-11(20)9-14(15)22/h2-9H,1H3,(H2,23,24,25,27). The average molecular weight is 512 g/mol. The molecule has 8 heteroatoms. The van der Waals surface area contributed by atoms with E-state index in [0.717, 1.165) is 10.8 Å². The Kier molecular flexibility index (Phi) is 6.08. The minimum atomic E-state index is -0.494. The molecule has 0 radical (unpaired) electrons. The second-order valence-corrected chi connectivity index (χ2v) is 7.64. The third-order valence-corrected chi connectivity index (χ3v) is 5.28. The van der Waals surface area contributed by atoms with Crippen LogP contribution in [0.25, 0.3) is 10.8 Å². The van der Waals surface area contributed by atoms with Crippen LogP contribution in [-0.4, -0.2) is 18.1 Å². The quantitative estimate of drug-likeness (QED) is 0.447. The molecule has 0 bridgehead atoms. The van der Waals surface area contributed by atoms with Gasteiger partial charge < -0.3 is 10.1 Å². The van der Waals surface area contributed by atoms with Crippen LogP contribution in [0.5, 0.6) is 5.75 Å². The molecule has 0 aliphatic rings. The number of hydrogen-bond acceptors (Lipinski definition) is 3. The summed E-state index contributed by atoms with van der Waals surface area (Å²) in [4.78, 5) is 12.7. The van der Waals surface area contributed by atoms with E-state index in [0.29, 0.717) is 20.3 Å². The van der Waals surface area contributed by atoms with Gasteiger partial charge in [-0.05, 0) is 63.2 Å². The molecule has 1 amide bonds. The zero-order valence-electron chi connectivity index (χ0n) is 14.0. The number of anilines is 1. The Labute approximate surface area is 177 Å². The molecule has 0 spiro atoms. The van der Waals surface area contributed by atoms with Crippen LogP contribution in [-0.2, 0) is 0 Å². The Hall–Kier alpha value is -2.03. The molecule has 3 aromatic carbocycles. The third-order valence-electron chi connectivity index (χ3n) is 3.80. The van der Waals surface area contributed by atoms with Crippen molar-refractivity contribution in [3.8, 4) is 5.75 Å². The van der Waals surface area contributed by atoms with Crippen LogP contribution < -0.4 is 15.4 Å². The first-order valence-corrected chi connectivity index (χ1v) is 9.72. The van der Waals surface area contributed by atoms with Crippen molar-refractivity contribution >= 4 is 71.6 Å². The number of carbonyl (C=O) groups is 1. The van der Waals surface area contributed by atoms with Crippen LogP contribution in [0.15, 0.2) is 57.5 Å². The number of carbonyl (C=O) groups excluding carboxylic acids is 1. The number of methoxy groups -OCH3 is 1. The summed E-state index contributed by atoms with van der Waals surface area (Å²) in [7, 11) is 1.49. The van der Waals surface area contributed by atoms with Gasteiger partial charge in [-0.3, -0.25) is 10.1 Å². The van der Waals surface area contributed by atoms with Gasteiger partial charge in [0.1, 0.15) is 11.6 Å². The highest BCUT2D eigenvalue weighted by molar-refractivity contribution is 9.11. The van der Waals surface area contributed by atoms with Crippen LogP contribution in [0.4, 0.5) is 10.1 Å². The maximum absolute atomic E-state index is 13.9. The number of fused-ring (bicyclic) bond motifs is 1. The van der Waals surface area contributed by atoms with Crippen molar-refractivity contribution in [1.82, 2.24) is 5.32 Å².